The number of piperidine rings is 1. The van der Waals surface area contributed by atoms with Crippen molar-refractivity contribution in [2.75, 3.05) is 33.0 Å². The van der Waals surface area contributed by atoms with Crippen molar-refractivity contribution in [1.82, 2.24) is 14.9 Å². The second kappa shape index (κ2) is 7.04. The van der Waals surface area contributed by atoms with Gasteiger partial charge in [0.2, 0.25) is 10.0 Å². The Morgan fingerprint density at radius 2 is 2.00 bits per heavy atom. The van der Waals surface area contributed by atoms with Crippen LogP contribution in [0.4, 0.5) is 4.79 Å². The SMILES string of the molecule is CNC(=O)NC1CCCN(S(=O)(=O)CC2(C(=O)OC)CCC2)C1. The summed E-state index contributed by atoms with van der Waals surface area (Å²) in [6.07, 6.45) is 3.35. The van der Waals surface area contributed by atoms with Gasteiger partial charge in [-0.05, 0) is 25.7 Å². The van der Waals surface area contributed by atoms with Gasteiger partial charge in [0.25, 0.3) is 0 Å². The summed E-state index contributed by atoms with van der Waals surface area (Å²) < 4.78 is 31.6. The van der Waals surface area contributed by atoms with Gasteiger partial charge in [-0.2, -0.15) is 4.31 Å². The van der Waals surface area contributed by atoms with E-state index in [-0.39, 0.29) is 24.4 Å². The molecule has 1 aliphatic heterocycles. The van der Waals surface area contributed by atoms with Gasteiger partial charge in [-0.1, -0.05) is 6.42 Å². The van der Waals surface area contributed by atoms with E-state index < -0.39 is 21.4 Å². The molecular weight excluding hydrogens is 322 g/mol. The van der Waals surface area contributed by atoms with Gasteiger partial charge in [-0.25, -0.2) is 13.2 Å². The molecule has 8 nitrogen and oxygen atoms in total. The molecular formula is C14H25N3O5S. The molecule has 0 spiro atoms. The smallest absolute Gasteiger partial charge is 0.314 e. The molecule has 2 amide bonds. The molecule has 1 heterocycles. The van der Waals surface area contributed by atoms with E-state index in [4.69, 9.17) is 4.74 Å². The van der Waals surface area contributed by atoms with E-state index in [0.29, 0.717) is 25.8 Å². The fourth-order valence-electron chi connectivity index (χ4n) is 3.24. The number of ether oxygens (including phenoxy) is 1. The van der Waals surface area contributed by atoms with Gasteiger partial charge in [-0.3, -0.25) is 4.79 Å². The molecule has 2 aliphatic rings. The number of nitrogens with one attached hydrogen (secondary N) is 2. The van der Waals surface area contributed by atoms with Crippen LogP contribution >= 0.6 is 0 Å². The van der Waals surface area contributed by atoms with E-state index in [0.717, 1.165) is 12.8 Å². The lowest BCUT2D eigenvalue weighted by atomic mass is 9.70. The number of sulfonamides is 1. The molecule has 0 aromatic carbocycles. The molecule has 1 aliphatic carbocycles. The molecule has 1 unspecified atom stereocenters. The van der Waals surface area contributed by atoms with Gasteiger partial charge in [0.15, 0.2) is 0 Å². The van der Waals surface area contributed by atoms with Crippen molar-refractivity contribution < 1.29 is 22.7 Å². The number of carbonyl (C=O) groups is 2. The maximum absolute atomic E-state index is 12.7. The standard InChI is InChI=1S/C14H25N3O5S/c1-15-13(19)16-11-5-3-8-17(9-11)23(20,21)10-14(6-4-7-14)12(18)22-2/h11H,3-10H2,1-2H3,(H2,15,16,19). The number of methoxy groups -OCH3 is 1. The van der Waals surface area contributed by atoms with Crippen molar-refractivity contribution in [1.29, 1.82) is 0 Å². The van der Waals surface area contributed by atoms with Gasteiger partial charge < -0.3 is 15.4 Å². The number of esters is 1. The van der Waals surface area contributed by atoms with Gasteiger partial charge in [-0.15, -0.1) is 0 Å². The van der Waals surface area contributed by atoms with Gasteiger partial charge in [0.1, 0.15) is 0 Å². The molecule has 9 heteroatoms. The second-order valence-corrected chi connectivity index (χ2v) is 8.27. The maximum Gasteiger partial charge on any atom is 0.314 e. The normalized spacial score (nSPS) is 24.3. The predicted octanol–water partition coefficient (Wildman–Crippen LogP) is 0.0529. The van der Waals surface area contributed by atoms with E-state index in [9.17, 15) is 18.0 Å². The Hall–Kier alpha value is -1.35. The highest BCUT2D eigenvalue weighted by molar-refractivity contribution is 7.89. The topological polar surface area (TPSA) is 105 Å². The number of hydrogen-bond acceptors (Lipinski definition) is 5. The van der Waals surface area contributed by atoms with Crippen molar-refractivity contribution in [3.8, 4) is 0 Å². The van der Waals surface area contributed by atoms with Gasteiger partial charge in [0.05, 0.1) is 18.3 Å². The highest BCUT2D eigenvalue weighted by Gasteiger charge is 2.49. The summed E-state index contributed by atoms with van der Waals surface area (Å²) in [6, 6.07) is -0.534. The largest absolute Gasteiger partial charge is 0.469 e. The molecule has 1 saturated heterocycles. The summed E-state index contributed by atoms with van der Waals surface area (Å²) >= 11 is 0. The Morgan fingerprint density at radius 3 is 2.52 bits per heavy atom. The summed E-state index contributed by atoms with van der Waals surface area (Å²) in [5.74, 6) is -0.649. The first kappa shape index (κ1) is 18.0. The molecule has 1 atom stereocenters. The third-order valence-electron chi connectivity index (χ3n) is 4.73. The van der Waals surface area contributed by atoms with Crippen LogP contribution in [0.5, 0.6) is 0 Å². The monoisotopic (exact) mass is 347 g/mol. The lowest BCUT2D eigenvalue weighted by Gasteiger charge is -2.40. The van der Waals surface area contributed by atoms with Crippen LogP contribution in [0.2, 0.25) is 0 Å². The lowest BCUT2D eigenvalue weighted by Crippen LogP contribution is -2.54. The van der Waals surface area contributed by atoms with Gasteiger partial charge >= 0.3 is 12.0 Å². The van der Waals surface area contributed by atoms with E-state index in [1.54, 1.807) is 0 Å². The van der Waals surface area contributed by atoms with Crippen LogP contribution in [-0.2, 0) is 19.6 Å². The highest BCUT2D eigenvalue weighted by Crippen LogP contribution is 2.43. The molecule has 2 rings (SSSR count). The molecule has 0 aromatic heterocycles. The van der Waals surface area contributed by atoms with Crippen LogP contribution in [0, 0.1) is 5.41 Å². The Bertz CT molecular complexity index is 559. The Labute approximate surface area is 137 Å². The molecule has 2 N–H and O–H groups in total. The third-order valence-corrected chi connectivity index (χ3v) is 6.76. The summed E-state index contributed by atoms with van der Waals surface area (Å²) in [5, 5.41) is 5.21. The van der Waals surface area contributed by atoms with Crippen LogP contribution in [-0.4, -0.2) is 63.8 Å². The third kappa shape index (κ3) is 3.95. The minimum atomic E-state index is -3.57. The summed E-state index contributed by atoms with van der Waals surface area (Å²) in [6.45, 7) is 0.665. The fraction of sp³-hybridized carbons (Fsp3) is 0.857. The second-order valence-electron chi connectivity index (χ2n) is 6.30. The molecule has 1 saturated carbocycles. The van der Waals surface area contributed by atoms with Crippen molar-refractivity contribution in [3.63, 3.8) is 0 Å². The van der Waals surface area contributed by atoms with Crippen LogP contribution in [0.3, 0.4) is 0 Å². The average Bonchev–Trinajstić information content (AvgIpc) is 2.50. The first-order valence-electron chi connectivity index (χ1n) is 7.87. The quantitative estimate of drug-likeness (QED) is 0.684. The molecule has 2 fully saturated rings. The number of urea groups is 1. The average molecular weight is 347 g/mol. The molecule has 0 aromatic rings. The summed E-state index contributed by atoms with van der Waals surface area (Å²) in [4.78, 5) is 23.4. The fourth-order valence-corrected chi connectivity index (χ4v) is 5.34. The van der Waals surface area contributed by atoms with Crippen LogP contribution in [0.25, 0.3) is 0 Å². The summed E-state index contributed by atoms with van der Waals surface area (Å²) in [5.41, 5.74) is -0.894. The Balaban J connectivity index is 2.04. The van der Waals surface area contributed by atoms with E-state index >= 15 is 0 Å². The van der Waals surface area contributed by atoms with Crippen molar-refractivity contribution in [2.45, 2.75) is 38.1 Å². The number of hydrogen-bond donors (Lipinski definition) is 2. The molecule has 0 bridgehead atoms. The van der Waals surface area contributed by atoms with E-state index in [2.05, 4.69) is 10.6 Å². The number of carbonyl (C=O) groups excluding carboxylic acids is 2. The van der Waals surface area contributed by atoms with Crippen LogP contribution < -0.4 is 10.6 Å². The number of rotatable bonds is 5. The minimum absolute atomic E-state index is 0.209. The number of amides is 2. The Morgan fingerprint density at radius 1 is 1.30 bits per heavy atom. The van der Waals surface area contributed by atoms with Crippen molar-refractivity contribution in [2.24, 2.45) is 5.41 Å². The zero-order chi connectivity index (χ0) is 17.1. The molecule has 23 heavy (non-hydrogen) atoms. The first-order valence-corrected chi connectivity index (χ1v) is 9.48. The first-order chi connectivity index (χ1) is 10.8. The van der Waals surface area contributed by atoms with Gasteiger partial charge in [0, 0.05) is 26.2 Å². The molecule has 0 radical (unpaired) electrons. The molecule has 132 valence electrons. The van der Waals surface area contributed by atoms with E-state index in [1.807, 2.05) is 0 Å². The zero-order valence-electron chi connectivity index (χ0n) is 13.6. The number of nitrogens with zero attached hydrogens (tertiary/aromatic N) is 1. The summed E-state index contributed by atoms with van der Waals surface area (Å²) in [7, 11) is -0.763. The maximum atomic E-state index is 12.7. The minimum Gasteiger partial charge on any atom is -0.469 e. The van der Waals surface area contributed by atoms with Crippen LogP contribution in [0.1, 0.15) is 32.1 Å². The van der Waals surface area contributed by atoms with Crippen LogP contribution in [0.15, 0.2) is 0 Å². The predicted molar refractivity (Wildman–Crippen MR) is 84.3 cm³/mol. The Kier molecular flexibility index (Phi) is 5.51. The highest BCUT2D eigenvalue weighted by atomic mass is 32.2. The zero-order valence-corrected chi connectivity index (χ0v) is 14.4. The van der Waals surface area contributed by atoms with E-state index in [1.165, 1.54) is 18.5 Å². The lowest BCUT2D eigenvalue weighted by molar-refractivity contribution is -0.156. The van der Waals surface area contributed by atoms with Crippen molar-refractivity contribution in [3.05, 3.63) is 0 Å². The van der Waals surface area contributed by atoms with Crippen molar-refractivity contribution >= 4 is 22.0 Å².